The van der Waals surface area contributed by atoms with Gasteiger partial charge in [-0.2, -0.15) is 4.98 Å². The molecule has 1 unspecified atom stereocenters. The number of aliphatic hydroxyl groups excluding tert-OH is 2. The largest absolute Gasteiger partial charge is 0.391 e. The van der Waals surface area contributed by atoms with Gasteiger partial charge in [0.25, 0.3) is 0 Å². The van der Waals surface area contributed by atoms with Crippen LogP contribution in [0.1, 0.15) is 13.2 Å². The average Bonchev–Trinajstić information content (AvgIpc) is 2.64. The summed E-state index contributed by atoms with van der Waals surface area (Å²) in [5.74, 6) is 1.48. The summed E-state index contributed by atoms with van der Waals surface area (Å²) in [6, 6.07) is 0. The zero-order chi connectivity index (χ0) is 15.1. The van der Waals surface area contributed by atoms with Crippen molar-refractivity contribution >= 4 is 5.95 Å². The van der Waals surface area contributed by atoms with Crippen LogP contribution in [0.4, 0.5) is 10.3 Å². The summed E-state index contributed by atoms with van der Waals surface area (Å²) < 4.78 is 20.6. The molecule has 1 aliphatic heterocycles. The van der Waals surface area contributed by atoms with Crippen LogP contribution in [0.2, 0.25) is 0 Å². The minimum atomic E-state index is -2.70. The second-order valence-corrected chi connectivity index (χ2v) is 4.46. The van der Waals surface area contributed by atoms with Gasteiger partial charge < -0.3 is 20.7 Å². The smallest absolute Gasteiger partial charge is 0.354 e. The van der Waals surface area contributed by atoms with Crippen molar-refractivity contribution in [1.82, 2.24) is 14.5 Å². The molecule has 8 nitrogen and oxygen atoms in total. The fourth-order valence-corrected chi connectivity index (χ4v) is 2.03. The molecule has 0 amide bonds. The van der Waals surface area contributed by atoms with E-state index >= 15 is 0 Å². The quantitative estimate of drug-likeness (QED) is 0.547. The molecule has 9 heteroatoms. The highest BCUT2D eigenvalue weighted by molar-refractivity contribution is 5.20. The number of aliphatic hydroxyl groups is 2. The number of rotatable bonds is 2. The molecule has 20 heavy (non-hydrogen) atoms. The fourth-order valence-electron chi connectivity index (χ4n) is 2.03. The van der Waals surface area contributed by atoms with Crippen LogP contribution in [0.25, 0.3) is 0 Å². The molecular formula is C11H13FN4O4. The highest BCUT2D eigenvalue weighted by atomic mass is 19.1. The summed E-state index contributed by atoms with van der Waals surface area (Å²) >= 11 is 0. The Morgan fingerprint density at radius 1 is 1.75 bits per heavy atom. The summed E-state index contributed by atoms with van der Waals surface area (Å²) in [7, 11) is 0. The van der Waals surface area contributed by atoms with Crippen LogP contribution in [0, 0.1) is 12.3 Å². The van der Waals surface area contributed by atoms with Crippen molar-refractivity contribution in [3.05, 3.63) is 16.8 Å². The summed E-state index contributed by atoms with van der Waals surface area (Å²) in [5.41, 5.74) is 1.59. The van der Waals surface area contributed by atoms with Gasteiger partial charge in [-0.05, 0) is 6.92 Å². The Hall–Kier alpha value is -2.02. The topological polar surface area (TPSA) is 123 Å². The molecule has 1 aliphatic rings. The fraction of sp³-hybridized carbons (Fsp3) is 0.545. The van der Waals surface area contributed by atoms with Gasteiger partial charge in [-0.3, -0.25) is 4.57 Å². The third-order valence-electron chi connectivity index (χ3n) is 3.08. The lowest BCUT2D eigenvalue weighted by Gasteiger charge is -2.23. The van der Waals surface area contributed by atoms with E-state index in [9.17, 15) is 19.4 Å². The first-order valence-corrected chi connectivity index (χ1v) is 5.70. The highest BCUT2D eigenvalue weighted by Crippen LogP contribution is 2.41. The van der Waals surface area contributed by atoms with Crippen LogP contribution in [0.5, 0.6) is 0 Å². The van der Waals surface area contributed by atoms with E-state index in [1.54, 1.807) is 5.92 Å². The van der Waals surface area contributed by atoms with Crippen molar-refractivity contribution in [3.63, 3.8) is 0 Å². The molecule has 0 spiro atoms. The van der Waals surface area contributed by atoms with Crippen LogP contribution in [0.3, 0.4) is 0 Å². The number of hydrogen-bond acceptors (Lipinski definition) is 7. The van der Waals surface area contributed by atoms with Crippen LogP contribution in [0.15, 0.2) is 11.1 Å². The molecule has 1 fully saturated rings. The maximum atomic E-state index is 14.7. The van der Waals surface area contributed by atoms with Gasteiger partial charge in [0.2, 0.25) is 11.6 Å². The van der Waals surface area contributed by atoms with Crippen molar-refractivity contribution in [2.75, 3.05) is 5.73 Å². The van der Waals surface area contributed by atoms with Crippen LogP contribution >= 0.6 is 0 Å². The predicted molar refractivity (Wildman–Crippen MR) is 65.0 cm³/mol. The molecule has 4 N–H and O–H groups in total. The van der Waals surface area contributed by atoms with E-state index in [4.69, 9.17) is 16.9 Å². The molecule has 0 radical (unpaired) electrons. The van der Waals surface area contributed by atoms with E-state index < -0.39 is 35.9 Å². The maximum Gasteiger partial charge on any atom is 0.354 e. The molecule has 0 aromatic carbocycles. The first-order valence-electron chi connectivity index (χ1n) is 5.70. The number of nitrogens with two attached hydrogens (primary N) is 1. The van der Waals surface area contributed by atoms with Crippen LogP contribution < -0.4 is 11.4 Å². The van der Waals surface area contributed by atoms with Crippen molar-refractivity contribution in [1.29, 1.82) is 0 Å². The molecule has 0 aliphatic carbocycles. The van der Waals surface area contributed by atoms with Crippen LogP contribution in [-0.2, 0) is 4.74 Å². The zero-order valence-electron chi connectivity index (χ0n) is 10.5. The standard InChI is InChI=1S/C11H13FN4O4/c1-3-11(12)7(18)6(5(2)17)20-8(11)16-4-14-9(13)15-10(16)19/h1,4-8,17-18H,2H3,(H2,13,15,19)/t5-,6-,7+,8-,11?/m1/s1. The number of ether oxygens (including phenoxy) is 1. The Morgan fingerprint density at radius 3 is 2.90 bits per heavy atom. The number of anilines is 1. The summed E-state index contributed by atoms with van der Waals surface area (Å²) in [4.78, 5) is 18.6. The predicted octanol–water partition coefficient (Wildman–Crippen LogP) is -1.80. The monoisotopic (exact) mass is 284 g/mol. The molecule has 2 rings (SSSR count). The maximum absolute atomic E-state index is 14.7. The van der Waals surface area contributed by atoms with Gasteiger partial charge in [-0.25, -0.2) is 14.2 Å². The Bertz CT molecular complexity index is 613. The highest BCUT2D eigenvalue weighted by Gasteiger charge is 2.59. The minimum absolute atomic E-state index is 0.290. The third kappa shape index (κ3) is 2.03. The van der Waals surface area contributed by atoms with E-state index in [0.29, 0.717) is 4.57 Å². The SMILES string of the molecule is C#CC1(F)[C@@H](O)[C@@H]([C@@H](C)O)O[C@H]1n1cnc(N)nc1=O. The van der Waals surface area contributed by atoms with Gasteiger partial charge in [0, 0.05) is 0 Å². The van der Waals surface area contributed by atoms with Gasteiger partial charge in [-0.15, -0.1) is 6.42 Å². The molecule has 1 aromatic heterocycles. The first kappa shape index (κ1) is 14.4. The Morgan fingerprint density at radius 2 is 2.40 bits per heavy atom. The zero-order valence-corrected chi connectivity index (χ0v) is 10.5. The summed E-state index contributed by atoms with van der Waals surface area (Å²) in [6.07, 6.45) is 0.0775. The minimum Gasteiger partial charge on any atom is -0.391 e. The summed E-state index contributed by atoms with van der Waals surface area (Å²) in [6.45, 7) is 1.30. The van der Waals surface area contributed by atoms with E-state index in [2.05, 4.69) is 9.97 Å². The third-order valence-corrected chi connectivity index (χ3v) is 3.08. The van der Waals surface area contributed by atoms with Crippen molar-refractivity contribution in [3.8, 4) is 12.3 Å². The van der Waals surface area contributed by atoms with Gasteiger partial charge in [0.15, 0.2) is 6.23 Å². The van der Waals surface area contributed by atoms with Crippen molar-refractivity contribution in [2.24, 2.45) is 0 Å². The number of alkyl halides is 1. The summed E-state index contributed by atoms with van der Waals surface area (Å²) in [5, 5.41) is 19.3. The van der Waals surface area contributed by atoms with E-state index in [-0.39, 0.29) is 5.95 Å². The molecule has 2 heterocycles. The van der Waals surface area contributed by atoms with Crippen molar-refractivity contribution < 1.29 is 19.3 Å². The molecule has 0 bridgehead atoms. The lowest BCUT2D eigenvalue weighted by atomic mass is 9.95. The van der Waals surface area contributed by atoms with Crippen molar-refractivity contribution in [2.45, 2.75) is 37.1 Å². The number of nitrogens with zero attached hydrogens (tertiary/aromatic N) is 3. The molecule has 5 atom stereocenters. The van der Waals surface area contributed by atoms with E-state index in [1.165, 1.54) is 6.92 Å². The van der Waals surface area contributed by atoms with Gasteiger partial charge in [0.1, 0.15) is 18.5 Å². The van der Waals surface area contributed by atoms with Crippen LogP contribution in [-0.4, -0.2) is 48.7 Å². The number of hydrogen-bond donors (Lipinski definition) is 3. The average molecular weight is 284 g/mol. The Balaban J connectivity index is 2.50. The molecule has 1 saturated heterocycles. The Kier molecular flexibility index (Phi) is 3.47. The molecule has 1 aromatic rings. The number of terminal acetylenes is 1. The first-order chi connectivity index (χ1) is 9.31. The normalized spacial score (nSPS) is 34.6. The second kappa shape index (κ2) is 4.82. The molecular weight excluding hydrogens is 271 g/mol. The van der Waals surface area contributed by atoms with Gasteiger partial charge in [0.05, 0.1) is 6.10 Å². The number of nitrogen functional groups attached to an aromatic ring is 1. The number of halogens is 1. The lowest BCUT2D eigenvalue weighted by Crippen LogP contribution is -2.45. The lowest BCUT2D eigenvalue weighted by molar-refractivity contribution is -0.0806. The molecule has 108 valence electrons. The van der Waals surface area contributed by atoms with E-state index in [1.807, 2.05) is 0 Å². The van der Waals surface area contributed by atoms with Gasteiger partial charge >= 0.3 is 5.69 Å². The van der Waals surface area contributed by atoms with Gasteiger partial charge in [-0.1, -0.05) is 5.92 Å². The number of aromatic nitrogens is 3. The second-order valence-electron chi connectivity index (χ2n) is 4.46. The molecule has 0 saturated carbocycles. The van der Waals surface area contributed by atoms with E-state index in [0.717, 1.165) is 6.33 Å². The Labute approximate surface area is 113 Å².